The van der Waals surface area contributed by atoms with Gasteiger partial charge >= 0.3 is 24.1 Å². The van der Waals surface area contributed by atoms with Crippen LogP contribution in [0.3, 0.4) is 0 Å². The van der Waals surface area contributed by atoms with E-state index >= 15 is 0 Å². The lowest BCUT2D eigenvalue weighted by Gasteiger charge is -2.08. The predicted molar refractivity (Wildman–Crippen MR) is 75.0 cm³/mol. The van der Waals surface area contributed by atoms with Crippen molar-refractivity contribution in [2.45, 2.75) is 6.92 Å². The van der Waals surface area contributed by atoms with E-state index in [0.29, 0.717) is 0 Å². The minimum atomic E-state index is -1.35. The van der Waals surface area contributed by atoms with E-state index in [1.807, 2.05) is 5.32 Å². The predicted octanol–water partition coefficient (Wildman–Crippen LogP) is -3.44. The van der Waals surface area contributed by atoms with E-state index in [1.54, 1.807) is 16.0 Å². The molecule has 14 heteroatoms. The molecule has 0 saturated carbocycles. The van der Waals surface area contributed by atoms with Crippen LogP contribution >= 0.6 is 0 Å². The van der Waals surface area contributed by atoms with Crippen LogP contribution in [0.5, 0.6) is 0 Å². The molecule has 0 atom stereocenters. The molecule has 0 aliphatic heterocycles. The Kier molecular flexibility index (Phi) is 8.53. The number of hydrogen-bond acceptors (Lipinski definition) is 7. The van der Waals surface area contributed by atoms with Gasteiger partial charge in [-0.3, -0.25) is 35.7 Å². The molecule has 0 aliphatic rings. The summed E-state index contributed by atoms with van der Waals surface area (Å²) in [6.07, 6.45) is 0. The van der Waals surface area contributed by atoms with Gasteiger partial charge in [0.05, 0.1) is 13.1 Å². The summed E-state index contributed by atoms with van der Waals surface area (Å²) in [4.78, 5) is 76.7. The van der Waals surface area contributed by atoms with Crippen molar-refractivity contribution < 1.29 is 33.6 Å². The summed E-state index contributed by atoms with van der Waals surface area (Å²) in [6.45, 7) is 0.119. The zero-order chi connectivity index (χ0) is 18.7. The second-order valence-corrected chi connectivity index (χ2v) is 3.97. The molecule has 24 heavy (non-hydrogen) atoms. The maximum atomic E-state index is 11.2. The number of carbonyl (C=O) groups excluding carboxylic acids is 7. The van der Waals surface area contributed by atoms with Gasteiger partial charge in [-0.15, -0.1) is 0 Å². The summed E-state index contributed by atoms with van der Waals surface area (Å²) < 4.78 is 0. The highest BCUT2D eigenvalue weighted by Gasteiger charge is 2.15. The number of imide groups is 4. The molecule has 132 valence electrons. The molecule has 0 aromatic rings. The summed E-state index contributed by atoms with van der Waals surface area (Å²) in [5.41, 5.74) is 4.74. The van der Waals surface area contributed by atoms with Crippen molar-refractivity contribution in [3.05, 3.63) is 0 Å². The Bertz CT molecular complexity index is 526. The Balaban J connectivity index is 4.10. The summed E-state index contributed by atoms with van der Waals surface area (Å²) >= 11 is 0. The van der Waals surface area contributed by atoms with E-state index in [9.17, 15) is 33.6 Å². The van der Waals surface area contributed by atoms with Crippen molar-refractivity contribution in [2.75, 3.05) is 13.1 Å². The Labute approximate surface area is 134 Å². The van der Waals surface area contributed by atoms with E-state index in [0.717, 1.165) is 6.92 Å². The fourth-order valence-electron chi connectivity index (χ4n) is 0.990. The summed E-state index contributed by atoms with van der Waals surface area (Å²) in [5.74, 6) is -2.27. The van der Waals surface area contributed by atoms with Gasteiger partial charge < -0.3 is 16.4 Å². The number of nitrogens with one attached hydrogen (secondary N) is 6. The molecule has 0 aliphatic carbocycles. The minimum Gasteiger partial charge on any atom is -0.368 e. The summed E-state index contributed by atoms with van der Waals surface area (Å²) in [5, 5.41) is 10.4. The van der Waals surface area contributed by atoms with Gasteiger partial charge in [0.1, 0.15) is 0 Å². The third-order valence-electron chi connectivity index (χ3n) is 1.86. The summed E-state index contributed by atoms with van der Waals surface area (Å²) in [7, 11) is 0. The Morgan fingerprint density at radius 2 is 1.12 bits per heavy atom. The van der Waals surface area contributed by atoms with E-state index < -0.39 is 54.9 Å². The number of hydrogen-bond donors (Lipinski definition) is 7. The van der Waals surface area contributed by atoms with Crippen LogP contribution in [0.2, 0.25) is 0 Å². The number of nitrogens with two attached hydrogens (primary N) is 1. The fourth-order valence-corrected chi connectivity index (χ4v) is 0.990. The number of carbonyl (C=O) groups is 7. The van der Waals surface area contributed by atoms with Gasteiger partial charge in [-0.25, -0.2) is 19.2 Å². The highest BCUT2D eigenvalue weighted by atomic mass is 16.2. The molecule has 14 nitrogen and oxygen atoms in total. The van der Waals surface area contributed by atoms with Crippen LogP contribution in [0, 0.1) is 0 Å². The van der Waals surface area contributed by atoms with E-state index in [4.69, 9.17) is 5.73 Å². The van der Waals surface area contributed by atoms with Gasteiger partial charge in [-0.05, 0) is 0 Å². The van der Waals surface area contributed by atoms with Crippen LogP contribution in [0.1, 0.15) is 6.92 Å². The van der Waals surface area contributed by atoms with Crippen LogP contribution in [0.4, 0.5) is 19.2 Å². The Morgan fingerprint density at radius 3 is 1.58 bits per heavy atom. The van der Waals surface area contributed by atoms with Crippen molar-refractivity contribution in [2.24, 2.45) is 5.73 Å². The SMILES string of the molecule is CC(=O)NCC(=O)NC(=O)NC(=O)NC(=O)NC(=O)NCC(N)=O. The maximum absolute atomic E-state index is 11.2. The molecule has 0 aromatic heterocycles. The highest BCUT2D eigenvalue weighted by molar-refractivity contribution is 6.07. The average Bonchev–Trinajstić information content (AvgIpc) is 2.42. The van der Waals surface area contributed by atoms with Crippen LogP contribution in [-0.2, 0) is 14.4 Å². The van der Waals surface area contributed by atoms with Crippen LogP contribution < -0.4 is 37.6 Å². The van der Waals surface area contributed by atoms with Crippen LogP contribution in [-0.4, -0.2) is 54.9 Å². The molecule has 0 fully saturated rings. The first-order valence-corrected chi connectivity index (χ1v) is 6.13. The van der Waals surface area contributed by atoms with E-state index in [-0.39, 0.29) is 0 Å². The quantitative estimate of drug-likeness (QED) is 0.273. The third-order valence-corrected chi connectivity index (χ3v) is 1.86. The van der Waals surface area contributed by atoms with Crippen LogP contribution in [0.15, 0.2) is 0 Å². The van der Waals surface area contributed by atoms with Gasteiger partial charge in [0, 0.05) is 6.92 Å². The second-order valence-electron chi connectivity index (χ2n) is 3.97. The zero-order valence-electron chi connectivity index (χ0n) is 12.3. The fraction of sp³-hybridized carbons (Fsp3) is 0.300. The molecule has 0 spiro atoms. The monoisotopic (exact) mass is 345 g/mol. The van der Waals surface area contributed by atoms with E-state index in [2.05, 4.69) is 5.32 Å². The first kappa shape index (κ1) is 20.3. The zero-order valence-corrected chi connectivity index (χ0v) is 12.3. The molecule has 8 N–H and O–H groups in total. The molecule has 0 unspecified atom stereocenters. The largest absolute Gasteiger partial charge is 0.368 e. The molecule has 0 rings (SSSR count). The van der Waals surface area contributed by atoms with Crippen molar-refractivity contribution >= 4 is 41.8 Å². The number of amides is 11. The third kappa shape index (κ3) is 11.0. The normalized spacial score (nSPS) is 9.04. The molecular weight excluding hydrogens is 330 g/mol. The number of urea groups is 4. The molecule has 0 heterocycles. The van der Waals surface area contributed by atoms with E-state index in [1.165, 1.54) is 5.32 Å². The molecule has 0 bridgehead atoms. The van der Waals surface area contributed by atoms with Gasteiger partial charge in [0.15, 0.2) is 0 Å². The number of rotatable bonds is 4. The van der Waals surface area contributed by atoms with Gasteiger partial charge in [0.2, 0.25) is 17.7 Å². The van der Waals surface area contributed by atoms with Crippen molar-refractivity contribution in [3.8, 4) is 0 Å². The van der Waals surface area contributed by atoms with Gasteiger partial charge in [-0.2, -0.15) is 0 Å². The molecule has 0 aromatic carbocycles. The Hall–Kier alpha value is -3.71. The lowest BCUT2D eigenvalue weighted by atomic mass is 10.5. The maximum Gasteiger partial charge on any atom is 0.330 e. The van der Waals surface area contributed by atoms with Gasteiger partial charge in [0.25, 0.3) is 0 Å². The topological polar surface area (TPSA) is 218 Å². The average molecular weight is 345 g/mol. The molecule has 0 saturated heterocycles. The molecular formula is C10H15N7O7. The van der Waals surface area contributed by atoms with Crippen molar-refractivity contribution in [1.82, 2.24) is 31.9 Å². The smallest absolute Gasteiger partial charge is 0.330 e. The number of primary amides is 1. The van der Waals surface area contributed by atoms with Crippen molar-refractivity contribution in [1.29, 1.82) is 0 Å². The first-order valence-electron chi connectivity index (χ1n) is 6.13. The second kappa shape index (κ2) is 10.1. The standard InChI is InChI=1S/C10H15N7O7/c1-4(18)12-3-6(20)14-8(22)16-10(24)17-9(23)15-7(21)13-2-5(11)19/h2-3H2,1H3,(H2,11,19)(H,12,18)(H5,13,14,15,16,17,20,21,22,23,24). The van der Waals surface area contributed by atoms with Gasteiger partial charge in [-0.1, -0.05) is 0 Å². The lowest BCUT2D eigenvalue weighted by Crippen LogP contribution is -2.53. The first-order chi connectivity index (χ1) is 11.1. The highest BCUT2D eigenvalue weighted by Crippen LogP contribution is 1.73. The Morgan fingerprint density at radius 1 is 0.667 bits per heavy atom. The van der Waals surface area contributed by atoms with Crippen LogP contribution in [0.25, 0.3) is 0 Å². The molecule has 0 radical (unpaired) electrons. The van der Waals surface area contributed by atoms with Crippen molar-refractivity contribution in [3.63, 3.8) is 0 Å². The minimum absolute atomic E-state index is 0.495. The molecule has 11 amide bonds. The lowest BCUT2D eigenvalue weighted by molar-refractivity contribution is -0.124. The summed E-state index contributed by atoms with van der Waals surface area (Å²) in [6, 6.07) is -5.05.